The smallest absolute Gasteiger partial charge is 0.271 e. The zero-order chi connectivity index (χ0) is 25.8. The maximum atomic E-state index is 14.0. The van der Waals surface area contributed by atoms with Crippen LogP contribution >= 0.6 is 11.3 Å². The van der Waals surface area contributed by atoms with Gasteiger partial charge in [-0.3, -0.25) is 14.6 Å². The minimum absolute atomic E-state index is 0.0663. The van der Waals surface area contributed by atoms with Crippen molar-refractivity contribution >= 4 is 23.2 Å². The molecule has 5 rings (SSSR count). The SMILES string of the molecule is CC(=O)N1CCc2ccc(OCc3nc(C(=O)NCc4cccnc4)cs3)cc2C1c1cccc(F)c1. The fourth-order valence-electron chi connectivity index (χ4n) is 4.46. The Bertz CT molecular complexity index is 1430. The highest BCUT2D eigenvalue weighted by Crippen LogP contribution is 2.37. The van der Waals surface area contributed by atoms with Gasteiger partial charge in [0.25, 0.3) is 5.91 Å². The Morgan fingerprint density at radius 2 is 2.08 bits per heavy atom. The highest BCUT2D eigenvalue weighted by molar-refractivity contribution is 7.09. The summed E-state index contributed by atoms with van der Waals surface area (Å²) in [7, 11) is 0. The summed E-state index contributed by atoms with van der Waals surface area (Å²) in [5.41, 5.74) is 3.97. The quantitative estimate of drug-likeness (QED) is 0.386. The van der Waals surface area contributed by atoms with E-state index >= 15 is 0 Å². The van der Waals surface area contributed by atoms with E-state index in [1.807, 2.05) is 36.4 Å². The van der Waals surface area contributed by atoms with Gasteiger partial charge in [-0.25, -0.2) is 9.37 Å². The number of halogens is 1. The van der Waals surface area contributed by atoms with Crippen molar-refractivity contribution in [2.75, 3.05) is 6.54 Å². The Balaban J connectivity index is 1.29. The van der Waals surface area contributed by atoms with Crippen LogP contribution < -0.4 is 10.1 Å². The fourth-order valence-corrected chi connectivity index (χ4v) is 5.15. The number of amides is 2. The number of carbonyl (C=O) groups excluding carboxylic acids is 2. The number of aromatic nitrogens is 2. The number of nitrogens with zero attached hydrogens (tertiary/aromatic N) is 3. The molecule has 3 heterocycles. The number of hydrogen-bond acceptors (Lipinski definition) is 6. The predicted octanol–water partition coefficient (Wildman–Crippen LogP) is 4.68. The van der Waals surface area contributed by atoms with Crippen LogP contribution in [-0.2, 0) is 24.4 Å². The van der Waals surface area contributed by atoms with E-state index < -0.39 is 6.04 Å². The van der Waals surface area contributed by atoms with Crippen molar-refractivity contribution in [1.82, 2.24) is 20.2 Å². The number of nitrogens with one attached hydrogen (secondary N) is 1. The lowest BCUT2D eigenvalue weighted by Gasteiger charge is -2.37. The van der Waals surface area contributed by atoms with E-state index in [9.17, 15) is 14.0 Å². The zero-order valence-electron chi connectivity index (χ0n) is 20.2. The molecule has 0 radical (unpaired) electrons. The summed E-state index contributed by atoms with van der Waals surface area (Å²) in [5.74, 6) is -0.0568. The molecular formula is C28H25FN4O3S. The lowest BCUT2D eigenvalue weighted by Crippen LogP contribution is -2.39. The van der Waals surface area contributed by atoms with Crippen LogP contribution in [0.25, 0.3) is 0 Å². The molecular weight excluding hydrogens is 491 g/mol. The Morgan fingerprint density at radius 1 is 1.19 bits per heavy atom. The van der Waals surface area contributed by atoms with Crippen LogP contribution in [0.1, 0.15) is 50.7 Å². The molecule has 1 unspecified atom stereocenters. The molecule has 1 N–H and O–H groups in total. The van der Waals surface area contributed by atoms with E-state index in [1.54, 1.807) is 28.7 Å². The second-order valence-electron chi connectivity index (χ2n) is 8.74. The summed E-state index contributed by atoms with van der Waals surface area (Å²) >= 11 is 1.35. The van der Waals surface area contributed by atoms with Crippen molar-refractivity contribution in [3.63, 3.8) is 0 Å². The molecule has 0 fully saturated rings. The monoisotopic (exact) mass is 516 g/mol. The molecule has 2 aromatic carbocycles. The first-order valence-electron chi connectivity index (χ1n) is 11.9. The van der Waals surface area contributed by atoms with Crippen molar-refractivity contribution in [2.45, 2.75) is 32.5 Å². The summed E-state index contributed by atoms with van der Waals surface area (Å²) < 4.78 is 20.1. The molecule has 7 nitrogen and oxygen atoms in total. The summed E-state index contributed by atoms with van der Waals surface area (Å²) in [4.78, 5) is 35.1. The van der Waals surface area contributed by atoms with Crippen LogP contribution in [0, 0.1) is 5.82 Å². The molecule has 2 amide bonds. The molecule has 37 heavy (non-hydrogen) atoms. The van der Waals surface area contributed by atoms with Crippen LogP contribution in [0.2, 0.25) is 0 Å². The van der Waals surface area contributed by atoms with Crippen molar-refractivity contribution < 1.29 is 18.7 Å². The summed E-state index contributed by atoms with van der Waals surface area (Å²) in [6.07, 6.45) is 4.10. The van der Waals surface area contributed by atoms with Crippen LogP contribution in [0.3, 0.4) is 0 Å². The van der Waals surface area contributed by atoms with Gasteiger partial charge in [-0.15, -0.1) is 11.3 Å². The van der Waals surface area contributed by atoms with Gasteiger partial charge in [0, 0.05) is 37.8 Å². The first-order valence-corrected chi connectivity index (χ1v) is 12.8. The lowest BCUT2D eigenvalue weighted by atomic mass is 9.88. The maximum absolute atomic E-state index is 14.0. The second-order valence-corrected chi connectivity index (χ2v) is 9.68. The molecule has 1 aliphatic rings. The fraction of sp³-hybridized carbons (Fsp3) is 0.214. The standard InChI is InChI=1S/C28H25FN4O3S/c1-18(34)33-11-9-20-7-8-23(13-24(20)27(33)21-5-2-6-22(29)12-21)36-16-26-32-25(17-37-26)28(35)31-15-19-4-3-10-30-14-19/h2-8,10,12-14,17,27H,9,11,15-16H2,1H3,(H,31,35). The largest absolute Gasteiger partial charge is 0.486 e. The first kappa shape index (κ1) is 24.6. The van der Waals surface area contributed by atoms with Crippen LogP contribution in [0.15, 0.2) is 72.4 Å². The number of benzene rings is 2. The maximum Gasteiger partial charge on any atom is 0.271 e. The minimum Gasteiger partial charge on any atom is -0.486 e. The topological polar surface area (TPSA) is 84.4 Å². The third-order valence-electron chi connectivity index (χ3n) is 6.24. The number of ether oxygens (including phenoxy) is 1. The average Bonchev–Trinajstić information content (AvgIpc) is 3.39. The molecule has 9 heteroatoms. The normalized spacial score (nSPS) is 14.6. The number of pyridine rings is 1. The Morgan fingerprint density at radius 3 is 2.86 bits per heavy atom. The van der Waals surface area contributed by atoms with Crippen molar-refractivity contribution in [3.05, 3.63) is 111 Å². The van der Waals surface area contributed by atoms with E-state index in [1.165, 1.54) is 30.4 Å². The van der Waals surface area contributed by atoms with Gasteiger partial charge in [0.2, 0.25) is 5.91 Å². The van der Waals surface area contributed by atoms with E-state index in [-0.39, 0.29) is 24.2 Å². The number of fused-ring (bicyclic) bond motifs is 1. The van der Waals surface area contributed by atoms with Crippen molar-refractivity contribution in [3.8, 4) is 5.75 Å². The van der Waals surface area contributed by atoms with Gasteiger partial charge in [-0.2, -0.15) is 0 Å². The summed E-state index contributed by atoms with van der Waals surface area (Å²) in [6.45, 7) is 2.66. The van der Waals surface area contributed by atoms with Gasteiger partial charge in [0.05, 0.1) is 6.04 Å². The molecule has 2 aromatic heterocycles. The Kier molecular flexibility index (Phi) is 7.23. The molecule has 0 saturated heterocycles. The van der Waals surface area contributed by atoms with Crippen LogP contribution in [-0.4, -0.2) is 33.2 Å². The van der Waals surface area contributed by atoms with Gasteiger partial charge in [-0.1, -0.05) is 24.3 Å². The Labute approximate surface area is 218 Å². The zero-order valence-corrected chi connectivity index (χ0v) is 21.0. The molecule has 188 valence electrons. The van der Waals surface area contributed by atoms with Gasteiger partial charge >= 0.3 is 0 Å². The molecule has 1 aliphatic heterocycles. The van der Waals surface area contributed by atoms with Gasteiger partial charge < -0.3 is 15.0 Å². The van der Waals surface area contributed by atoms with E-state index in [2.05, 4.69) is 15.3 Å². The number of rotatable bonds is 7. The van der Waals surface area contributed by atoms with Gasteiger partial charge in [0.15, 0.2) is 0 Å². The van der Waals surface area contributed by atoms with E-state index in [4.69, 9.17) is 4.74 Å². The molecule has 0 spiro atoms. The second kappa shape index (κ2) is 10.9. The lowest BCUT2D eigenvalue weighted by molar-refractivity contribution is -0.130. The van der Waals surface area contributed by atoms with Crippen LogP contribution in [0.4, 0.5) is 4.39 Å². The number of thiazole rings is 1. The molecule has 0 saturated carbocycles. The molecule has 0 aliphatic carbocycles. The first-order chi connectivity index (χ1) is 18.0. The third-order valence-corrected chi connectivity index (χ3v) is 7.06. The van der Waals surface area contributed by atoms with Gasteiger partial charge in [0.1, 0.15) is 28.9 Å². The van der Waals surface area contributed by atoms with Crippen LogP contribution in [0.5, 0.6) is 5.75 Å². The summed E-state index contributed by atoms with van der Waals surface area (Å²) in [6, 6.07) is 15.5. The van der Waals surface area contributed by atoms with Gasteiger partial charge in [-0.05, 0) is 59.0 Å². The Hall–Kier alpha value is -4.11. The minimum atomic E-state index is -0.393. The third kappa shape index (κ3) is 5.67. The predicted molar refractivity (Wildman–Crippen MR) is 138 cm³/mol. The summed E-state index contributed by atoms with van der Waals surface area (Å²) in [5, 5.41) is 5.21. The van der Waals surface area contributed by atoms with E-state index in [0.29, 0.717) is 36.0 Å². The molecule has 4 aromatic rings. The average molecular weight is 517 g/mol. The number of carbonyl (C=O) groups is 2. The van der Waals surface area contributed by atoms with Crippen molar-refractivity contribution in [2.24, 2.45) is 0 Å². The highest BCUT2D eigenvalue weighted by Gasteiger charge is 2.31. The highest BCUT2D eigenvalue weighted by atomic mass is 32.1. The molecule has 0 bridgehead atoms. The van der Waals surface area contributed by atoms with Crippen molar-refractivity contribution in [1.29, 1.82) is 0 Å². The number of hydrogen-bond donors (Lipinski definition) is 1. The molecule has 1 atom stereocenters. The van der Waals surface area contributed by atoms with E-state index in [0.717, 1.165) is 22.3 Å².